The molecule has 2 rings (SSSR count). The first kappa shape index (κ1) is 14.5. The molecule has 0 aliphatic carbocycles. The van der Waals surface area contributed by atoms with E-state index in [0.29, 0.717) is 12.1 Å². The Morgan fingerprint density at radius 3 is 2.76 bits per heavy atom. The molecule has 2 aromatic rings. The normalized spacial score (nSPS) is 10.4. The van der Waals surface area contributed by atoms with Gasteiger partial charge in [-0.15, -0.1) is 0 Å². The highest BCUT2D eigenvalue weighted by atomic mass is 19.1. The molecular weight excluding hydrogens is 288 g/mol. The number of nitrogens with zero attached hydrogens (tertiary/aromatic N) is 4. The van der Waals surface area contributed by atoms with Crippen molar-refractivity contribution in [1.82, 2.24) is 20.1 Å². The summed E-state index contributed by atoms with van der Waals surface area (Å²) in [6.07, 6.45) is 1.38. The second-order valence-electron chi connectivity index (χ2n) is 4.03. The molecule has 0 saturated heterocycles. The second-order valence-corrected chi connectivity index (χ2v) is 4.03. The molecule has 0 radical (unpaired) electrons. The Morgan fingerprint density at radius 1 is 1.48 bits per heavy atom. The van der Waals surface area contributed by atoms with Gasteiger partial charge in [-0.2, -0.15) is 9.49 Å². The van der Waals surface area contributed by atoms with E-state index in [-0.39, 0.29) is 12.4 Å². The third kappa shape index (κ3) is 2.99. The topological polar surface area (TPSA) is 103 Å². The molecule has 0 fully saturated rings. The summed E-state index contributed by atoms with van der Waals surface area (Å²) in [6, 6.07) is 1.32. The highest BCUT2D eigenvalue weighted by molar-refractivity contribution is 5.95. The molecule has 110 valence electrons. The minimum atomic E-state index is -1.52. The van der Waals surface area contributed by atoms with E-state index in [9.17, 15) is 23.7 Å². The van der Waals surface area contributed by atoms with Gasteiger partial charge in [0.15, 0.2) is 5.82 Å². The molecule has 1 amide bonds. The van der Waals surface area contributed by atoms with Crippen molar-refractivity contribution >= 4 is 11.6 Å². The molecular formula is C11H9F2N5O3. The summed E-state index contributed by atoms with van der Waals surface area (Å²) in [5.74, 6) is -3.60. The minimum absolute atomic E-state index is 0.165. The van der Waals surface area contributed by atoms with Crippen LogP contribution in [-0.2, 0) is 13.6 Å². The number of aromatic nitrogens is 3. The van der Waals surface area contributed by atoms with Crippen LogP contribution in [0.5, 0.6) is 0 Å². The van der Waals surface area contributed by atoms with Gasteiger partial charge in [-0.05, 0) is 6.07 Å². The number of aryl methyl sites for hydroxylation is 1. The predicted octanol–water partition coefficient (Wildman–Crippen LogP) is 0.931. The van der Waals surface area contributed by atoms with Crippen LogP contribution in [0.15, 0.2) is 18.5 Å². The van der Waals surface area contributed by atoms with Gasteiger partial charge in [0.05, 0.1) is 11.5 Å². The molecule has 0 unspecified atom stereocenters. The van der Waals surface area contributed by atoms with Crippen molar-refractivity contribution < 1.29 is 18.5 Å². The fourth-order valence-corrected chi connectivity index (χ4v) is 1.60. The zero-order valence-corrected chi connectivity index (χ0v) is 10.7. The van der Waals surface area contributed by atoms with Gasteiger partial charge < -0.3 is 5.32 Å². The van der Waals surface area contributed by atoms with Gasteiger partial charge in [-0.3, -0.25) is 19.6 Å². The van der Waals surface area contributed by atoms with Crippen molar-refractivity contribution in [3.63, 3.8) is 0 Å². The van der Waals surface area contributed by atoms with Crippen molar-refractivity contribution in [2.24, 2.45) is 7.05 Å². The molecule has 1 aromatic carbocycles. The fraction of sp³-hybridized carbons (Fsp3) is 0.182. The molecule has 0 saturated carbocycles. The average Bonchev–Trinajstić information content (AvgIpc) is 2.82. The number of hydrogen-bond donors (Lipinski definition) is 1. The van der Waals surface area contributed by atoms with Gasteiger partial charge in [-0.1, -0.05) is 0 Å². The van der Waals surface area contributed by atoms with E-state index in [0.717, 1.165) is 0 Å². The number of nitrogens with one attached hydrogen (secondary N) is 1. The molecule has 1 heterocycles. The van der Waals surface area contributed by atoms with Crippen LogP contribution < -0.4 is 5.32 Å². The largest absolute Gasteiger partial charge is 0.344 e. The van der Waals surface area contributed by atoms with Crippen LogP contribution in [0, 0.1) is 21.7 Å². The SMILES string of the molecule is Cn1cnc(CNC(=O)c2c(F)ccc([N+](=O)[O-])c2F)n1. The third-order valence-electron chi connectivity index (χ3n) is 2.55. The molecule has 0 bridgehead atoms. The van der Waals surface area contributed by atoms with E-state index in [1.54, 1.807) is 7.05 Å². The van der Waals surface area contributed by atoms with E-state index in [2.05, 4.69) is 15.4 Å². The Bertz CT molecular complexity index is 716. The molecule has 0 spiro atoms. The third-order valence-corrected chi connectivity index (χ3v) is 2.55. The van der Waals surface area contributed by atoms with Crippen LogP contribution in [0.1, 0.15) is 16.2 Å². The first-order chi connectivity index (χ1) is 9.90. The Morgan fingerprint density at radius 2 is 2.19 bits per heavy atom. The summed E-state index contributed by atoms with van der Waals surface area (Å²) in [7, 11) is 1.61. The molecule has 1 N–H and O–H groups in total. The van der Waals surface area contributed by atoms with Gasteiger partial charge in [0.2, 0.25) is 5.82 Å². The maximum absolute atomic E-state index is 13.8. The Balaban J connectivity index is 2.22. The highest BCUT2D eigenvalue weighted by Crippen LogP contribution is 2.22. The fourth-order valence-electron chi connectivity index (χ4n) is 1.60. The van der Waals surface area contributed by atoms with Crippen molar-refractivity contribution in [3.05, 3.63) is 51.6 Å². The number of nitro benzene ring substituents is 1. The Hall–Kier alpha value is -2.91. The maximum atomic E-state index is 13.8. The average molecular weight is 297 g/mol. The van der Waals surface area contributed by atoms with Gasteiger partial charge in [0, 0.05) is 13.1 Å². The minimum Gasteiger partial charge on any atom is -0.344 e. The summed E-state index contributed by atoms with van der Waals surface area (Å²) >= 11 is 0. The summed E-state index contributed by atoms with van der Waals surface area (Å²) in [5, 5.41) is 16.6. The summed E-state index contributed by atoms with van der Waals surface area (Å²) in [5.41, 5.74) is -1.99. The van der Waals surface area contributed by atoms with Gasteiger partial charge in [-0.25, -0.2) is 9.37 Å². The van der Waals surface area contributed by atoms with E-state index < -0.39 is 33.7 Å². The van der Waals surface area contributed by atoms with Crippen molar-refractivity contribution in [2.75, 3.05) is 0 Å². The van der Waals surface area contributed by atoms with Gasteiger partial charge >= 0.3 is 5.69 Å². The number of rotatable bonds is 4. The van der Waals surface area contributed by atoms with E-state index in [1.165, 1.54) is 11.0 Å². The standard InChI is InChI=1S/C11H9F2N5O3/c1-17-5-15-8(16-17)4-14-11(19)9-6(12)2-3-7(10(9)13)18(20)21/h2-3,5H,4H2,1H3,(H,14,19). The predicted molar refractivity (Wildman–Crippen MR) is 65.2 cm³/mol. The van der Waals surface area contributed by atoms with E-state index in [4.69, 9.17) is 0 Å². The lowest BCUT2D eigenvalue weighted by Gasteiger charge is -2.05. The van der Waals surface area contributed by atoms with Crippen LogP contribution in [0.3, 0.4) is 0 Å². The maximum Gasteiger partial charge on any atom is 0.305 e. The molecule has 21 heavy (non-hydrogen) atoms. The van der Waals surface area contributed by atoms with Gasteiger partial charge in [0.25, 0.3) is 5.91 Å². The van der Waals surface area contributed by atoms with Crippen molar-refractivity contribution in [2.45, 2.75) is 6.54 Å². The van der Waals surface area contributed by atoms with Crippen LogP contribution >= 0.6 is 0 Å². The lowest BCUT2D eigenvalue weighted by molar-refractivity contribution is -0.387. The first-order valence-electron chi connectivity index (χ1n) is 5.65. The second kappa shape index (κ2) is 5.61. The quantitative estimate of drug-likeness (QED) is 0.668. The van der Waals surface area contributed by atoms with Crippen LogP contribution in [0.2, 0.25) is 0 Å². The smallest absolute Gasteiger partial charge is 0.305 e. The Kier molecular flexibility index (Phi) is 3.87. The van der Waals surface area contributed by atoms with Gasteiger partial charge in [0.1, 0.15) is 17.7 Å². The number of nitro groups is 1. The highest BCUT2D eigenvalue weighted by Gasteiger charge is 2.26. The first-order valence-corrected chi connectivity index (χ1v) is 5.65. The number of benzene rings is 1. The molecule has 0 atom stereocenters. The number of carbonyl (C=O) groups excluding carboxylic acids is 1. The number of hydrogen-bond acceptors (Lipinski definition) is 5. The lowest BCUT2D eigenvalue weighted by atomic mass is 10.1. The lowest BCUT2D eigenvalue weighted by Crippen LogP contribution is -2.26. The summed E-state index contributed by atoms with van der Waals surface area (Å²) in [4.78, 5) is 25.1. The summed E-state index contributed by atoms with van der Waals surface area (Å²) < 4.78 is 28.7. The monoisotopic (exact) mass is 297 g/mol. The van der Waals surface area contributed by atoms with Crippen LogP contribution in [-0.4, -0.2) is 25.6 Å². The summed E-state index contributed by atoms with van der Waals surface area (Å²) in [6.45, 7) is -0.165. The number of amides is 1. The van der Waals surface area contributed by atoms with E-state index in [1.807, 2.05) is 0 Å². The number of carbonyl (C=O) groups is 1. The zero-order chi connectivity index (χ0) is 15.6. The molecule has 0 aliphatic heterocycles. The number of halogens is 2. The Labute approximate surface area is 116 Å². The van der Waals surface area contributed by atoms with Crippen molar-refractivity contribution in [1.29, 1.82) is 0 Å². The van der Waals surface area contributed by atoms with Crippen molar-refractivity contribution in [3.8, 4) is 0 Å². The molecule has 10 heteroatoms. The zero-order valence-electron chi connectivity index (χ0n) is 10.7. The molecule has 1 aromatic heterocycles. The molecule has 8 nitrogen and oxygen atoms in total. The van der Waals surface area contributed by atoms with Crippen LogP contribution in [0.25, 0.3) is 0 Å². The van der Waals surface area contributed by atoms with Crippen LogP contribution in [0.4, 0.5) is 14.5 Å². The van der Waals surface area contributed by atoms with E-state index >= 15 is 0 Å². The molecule has 0 aliphatic rings.